The summed E-state index contributed by atoms with van der Waals surface area (Å²) in [7, 11) is 0. The summed E-state index contributed by atoms with van der Waals surface area (Å²) in [5.74, 6) is 1.04. The molecule has 2 aliphatic heterocycles. The summed E-state index contributed by atoms with van der Waals surface area (Å²) >= 11 is 1.51. The van der Waals surface area contributed by atoms with Crippen molar-refractivity contribution in [2.24, 2.45) is 15.2 Å². The van der Waals surface area contributed by atoms with Crippen molar-refractivity contribution in [3.8, 4) is 0 Å². The van der Waals surface area contributed by atoms with E-state index >= 15 is 0 Å². The van der Waals surface area contributed by atoms with Crippen molar-refractivity contribution in [2.45, 2.75) is 19.5 Å². The molecule has 2 heterocycles. The summed E-state index contributed by atoms with van der Waals surface area (Å²) in [5, 5.41) is 12.4. The number of nitrogens with zero attached hydrogens (tertiary/aromatic N) is 3. The van der Waals surface area contributed by atoms with Crippen LogP contribution < -0.4 is 5.32 Å². The van der Waals surface area contributed by atoms with Crippen LogP contribution in [-0.2, 0) is 4.74 Å². The van der Waals surface area contributed by atoms with Crippen LogP contribution in [0.1, 0.15) is 30.6 Å². The maximum Gasteiger partial charge on any atom is 0.276 e. The van der Waals surface area contributed by atoms with Crippen LogP contribution in [0.5, 0.6) is 0 Å². The number of aliphatic imine (C=N–C) groups is 1. The Kier molecular flexibility index (Phi) is 4.71. The molecule has 0 bridgehead atoms. The molecule has 0 amide bonds. The van der Waals surface area contributed by atoms with Gasteiger partial charge in [0.2, 0.25) is 5.90 Å². The average molecular weight is 368 g/mol. The monoisotopic (exact) mass is 368 g/mol. The van der Waals surface area contributed by atoms with E-state index in [2.05, 4.69) is 22.4 Å². The number of benzene rings is 2. The number of nitrogens with one attached hydrogen (secondary N) is 1. The maximum atomic E-state index is 13.3. The number of ether oxygens (including phenoxy) is 1. The first-order valence-corrected chi connectivity index (χ1v) is 9.39. The molecule has 2 aromatic rings. The molecule has 0 radical (unpaired) electrons. The van der Waals surface area contributed by atoms with Crippen molar-refractivity contribution >= 4 is 34.3 Å². The normalized spacial score (nSPS) is 18.2. The lowest BCUT2D eigenvalue weighted by molar-refractivity contribution is 0.552. The average Bonchev–Trinajstić information content (AvgIpc) is 2.83. The lowest BCUT2D eigenvalue weighted by Gasteiger charge is -2.16. The Labute approximate surface area is 155 Å². The maximum absolute atomic E-state index is 13.3. The summed E-state index contributed by atoms with van der Waals surface area (Å²) in [6, 6.07) is 14.1. The lowest BCUT2D eigenvalue weighted by atomic mass is 10.1. The van der Waals surface area contributed by atoms with Crippen molar-refractivity contribution < 1.29 is 9.13 Å². The predicted octanol–water partition coefficient (Wildman–Crippen LogP) is 4.58. The first kappa shape index (κ1) is 16.8. The summed E-state index contributed by atoms with van der Waals surface area (Å²) in [4.78, 5) is 4.71. The number of fused-ring (bicyclic) bond motifs is 3. The smallest absolute Gasteiger partial charge is 0.276 e. The second-order valence-electron chi connectivity index (χ2n) is 5.84. The van der Waals surface area contributed by atoms with Gasteiger partial charge in [-0.05, 0) is 30.2 Å². The van der Waals surface area contributed by atoms with Crippen LogP contribution in [0, 0.1) is 5.82 Å². The fraction of sp³-hybridized carbons (Fsp3) is 0.211. The van der Waals surface area contributed by atoms with E-state index in [-0.39, 0.29) is 5.82 Å². The Morgan fingerprint density at radius 2 is 1.92 bits per heavy atom. The Morgan fingerprint density at radius 3 is 2.73 bits per heavy atom. The van der Waals surface area contributed by atoms with Crippen molar-refractivity contribution in [3.63, 3.8) is 0 Å². The van der Waals surface area contributed by atoms with Gasteiger partial charge in [0.05, 0.1) is 0 Å². The fourth-order valence-electron chi connectivity index (χ4n) is 2.70. The quantitative estimate of drug-likeness (QED) is 0.862. The minimum absolute atomic E-state index is 0.281. The number of hydrogen-bond donors (Lipinski definition) is 1. The van der Waals surface area contributed by atoms with E-state index in [9.17, 15) is 4.39 Å². The molecule has 2 aliphatic rings. The molecule has 1 atom stereocenters. The predicted molar refractivity (Wildman–Crippen MR) is 104 cm³/mol. The molecule has 4 rings (SSSR count). The second kappa shape index (κ2) is 7.29. The number of halogens is 1. The van der Waals surface area contributed by atoms with Gasteiger partial charge in [-0.15, -0.1) is 10.2 Å². The summed E-state index contributed by atoms with van der Waals surface area (Å²) in [5.41, 5.74) is 3.18. The van der Waals surface area contributed by atoms with E-state index in [4.69, 9.17) is 9.73 Å². The van der Waals surface area contributed by atoms with Gasteiger partial charge in [0.1, 0.15) is 12.0 Å². The van der Waals surface area contributed by atoms with Gasteiger partial charge >= 0.3 is 0 Å². The third kappa shape index (κ3) is 3.35. The Balaban J connectivity index is 1.76. The molecule has 26 heavy (non-hydrogen) atoms. The summed E-state index contributed by atoms with van der Waals surface area (Å²) < 4.78 is 19.2. The SMILES string of the molecule is CCCSC1=NN=C2C(=NC(c3ccc(F)cc3)Nc3ccccc32)O1. The molecule has 7 heteroatoms. The highest BCUT2D eigenvalue weighted by molar-refractivity contribution is 8.13. The third-order valence-electron chi connectivity index (χ3n) is 3.95. The highest BCUT2D eigenvalue weighted by Crippen LogP contribution is 2.30. The van der Waals surface area contributed by atoms with Gasteiger partial charge in [-0.2, -0.15) is 0 Å². The van der Waals surface area contributed by atoms with Crippen molar-refractivity contribution in [1.82, 2.24) is 0 Å². The molecule has 1 unspecified atom stereocenters. The van der Waals surface area contributed by atoms with Gasteiger partial charge in [-0.1, -0.05) is 49.0 Å². The molecular formula is C19H17FN4OS. The van der Waals surface area contributed by atoms with Crippen LogP contribution in [0.25, 0.3) is 0 Å². The van der Waals surface area contributed by atoms with Crippen molar-refractivity contribution in [1.29, 1.82) is 0 Å². The zero-order chi connectivity index (χ0) is 17.9. The molecule has 5 nitrogen and oxygen atoms in total. The van der Waals surface area contributed by atoms with Gasteiger partial charge in [0.15, 0.2) is 5.71 Å². The highest BCUT2D eigenvalue weighted by Gasteiger charge is 2.28. The molecule has 2 aromatic carbocycles. The topological polar surface area (TPSA) is 58.3 Å². The summed E-state index contributed by atoms with van der Waals surface area (Å²) in [6.07, 6.45) is 0.605. The van der Waals surface area contributed by atoms with E-state index in [0.717, 1.165) is 29.0 Å². The second-order valence-corrected chi connectivity index (χ2v) is 6.89. The number of hydrogen-bond acceptors (Lipinski definition) is 6. The molecule has 0 aromatic heterocycles. The molecule has 0 aliphatic carbocycles. The van der Waals surface area contributed by atoms with Crippen molar-refractivity contribution in [2.75, 3.05) is 11.1 Å². The first-order chi connectivity index (χ1) is 12.7. The van der Waals surface area contributed by atoms with Crippen LogP contribution in [-0.4, -0.2) is 22.6 Å². The van der Waals surface area contributed by atoms with Gasteiger partial charge in [-0.25, -0.2) is 9.38 Å². The third-order valence-corrected chi connectivity index (χ3v) is 4.98. The number of rotatable bonds is 3. The van der Waals surface area contributed by atoms with Crippen LogP contribution in [0.15, 0.2) is 63.7 Å². The molecule has 0 fully saturated rings. The zero-order valence-corrected chi connectivity index (χ0v) is 15.0. The van der Waals surface area contributed by atoms with Crippen LogP contribution in [0.2, 0.25) is 0 Å². The minimum Gasteiger partial charge on any atom is -0.411 e. The molecule has 0 spiro atoms. The molecule has 132 valence electrons. The number of para-hydroxylation sites is 1. The highest BCUT2D eigenvalue weighted by atomic mass is 32.2. The van der Waals surface area contributed by atoms with Crippen molar-refractivity contribution in [3.05, 3.63) is 65.5 Å². The first-order valence-electron chi connectivity index (χ1n) is 8.40. The standard InChI is InChI=1S/C19H17FN4OS/c1-2-11-26-19-24-23-16-14-5-3-4-6-15(14)21-17(22-18(16)25-19)12-7-9-13(20)10-8-12/h3-10,17,21H,2,11H2,1H3. The lowest BCUT2D eigenvalue weighted by Crippen LogP contribution is -2.24. The Bertz CT molecular complexity index is 908. The minimum atomic E-state index is -0.407. The van der Waals surface area contributed by atoms with Gasteiger partial charge in [0, 0.05) is 17.0 Å². The molecule has 0 saturated heterocycles. The Hall–Kier alpha value is -2.67. The van der Waals surface area contributed by atoms with Gasteiger partial charge < -0.3 is 10.1 Å². The molecular weight excluding hydrogens is 351 g/mol. The largest absolute Gasteiger partial charge is 0.411 e. The zero-order valence-electron chi connectivity index (χ0n) is 14.1. The Morgan fingerprint density at radius 1 is 1.12 bits per heavy atom. The molecule has 0 saturated carbocycles. The number of anilines is 1. The van der Waals surface area contributed by atoms with Gasteiger partial charge in [0.25, 0.3) is 5.23 Å². The van der Waals surface area contributed by atoms with E-state index in [1.807, 2.05) is 24.3 Å². The van der Waals surface area contributed by atoms with Gasteiger partial charge in [-0.3, -0.25) is 0 Å². The molecule has 1 N–H and O–H groups in total. The van der Waals surface area contributed by atoms with E-state index in [1.165, 1.54) is 23.9 Å². The van der Waals surface area contributed by atoms with Crippen LogP contribution >= 0.6 is 11.8 Å². The van der Waals surface area contributed by atoms with E-state index in [1.54, 1.807) is 12.1 Å². The summed E-state index contributed by atoms with van der Waals surface area (Å²) in [6.45, 7) is 2.10. The number of thioether (sulfide) groups is 1. The van der Waals surface area contributed by atoms with Crippen LogP contribution in [0.3, 0.4) is 0 Å². The van der Waals surface area contributed by atoms with E-state index < -0.39 is 6.17 Å². The fourth-order valence-corrected chi connectivity index (χ4v) is 3.32. The van der Waals surface area contributed by atoms with E-state index in [0.29, 0.717) is 16.8 Å². The van der Waals surface area contributed by atoms with Crippen LogP contribution in [0.4, 0.5) is 10.1 Å².